The second-order valence-electron chi connectivity index (χ2n) is 5.67. The molecule has 5 heteroatoms. The van der Waals surface area contributed by atoms with Gasteiger partial charge in [-0.3, -0.25) is 0 Å². The monoisotopic (exact) mass is 274 g/mol. The molecule has 0 saturated heterocycles. The van der Waals surface area contributed by atoms with E-state index in [0.717, 1.165) is 12.8 Å². The van der Waals surface area contributed by atoms with Gasteiger partial charge in [0.2, 0.25) is 0 Å². The van der Waals surface area contributed by atoms with Crippen molar-refractivity contribution in [2.24, 2.45) is 5.41 Å². The number of benzene rings is 1. The summed E-state index contributed by atoms with van der Waals surface area (Å²) in [7, 11) is 0. The number of hydrogen-bond acceptors (Lipinski definition) is 2. The van der Waals surface area contributed by atoms with Crippen LogP contribution in [-0.4, -0.2) is 11.5 Å². The van der Waals surface area contributed by atoms with E-state index >= 15 is 0 Å². The maximum atomic E-state index is 12.2. The maximum Gasteiger partial charge on any atom is 0.573 e. The minimum atomic E-state index is -4.72. The highest BCUT2D eigenvalue weighted by Gasteiger charge is 2.48. The maximum absolute atomic E-state index is 12.2. The van der Waals surface area contributed by atoms with Gasteiger partial charge in [-0.15, -0.1) is 13.2 Å². The Morgan fingerprint density at radius 1 is 1.21 bits per heavy atom. The van der Waals surface area contributed by atoms with E-state index in [2.05, 4.69) is 4.74 Å². The van der Waals surface area contributed by atoms with E-state index in [9.17, 15) is 18.3 Å². The Morgan fingerprint density at radius 2 is 1.89 bits per heavy atom. The van der Waals surface area contributed by atoms with Gasteiger partial charge in [0.15, 0.2) is 0 Å². The van der Waals surface area contributed by atoms with Gasteiger partial charge in [-0.05, 0) is 42.4 Å². The molecular formula is C14H17F3O2. The van der Waals surface area contributed by atoms with Crippen LogP contribution in [-0.2, 0) is 5.60 Å². The number of hydrogen-bond donors (Lipinski definition) is 1. The summed E-state index contributed by atoms with van der Waals surface area (Å²) in [5.41, 5.74) is -0.973. The first-order valence-corrected chi connectivity index (χ1v) is 6.23. The summed E-state index contributed by atoms with van der Waals surface area (Å²) in [5, 5.41) is 10.8. The van der Waals surface area contributed by atoms with Crippen molar-refractivity contribution < 1.29 is 23.0 Å². The molecule has 1 aromatic rings. The van der Waals surface area contributed by atoms with E-state index in [1.165, 1.54) is 18.2 Å². The van der Waals surface area contributed by atoms with Crippen LogP contribution in [0.4, 0.5) is 13.2 Å². The molecule has 0 radical (unpaired) electrons. The molecule has 106 valence electrons. The van der Waals surface area contributed by atoms with Crippen molar-refractivity contribution >= 4 is 0 Å². The van der Waals surface area contributed by atoms with Gasteiger partial charge in [0.25, 0.3) is 0 Å². The normalized spacial score (nSPS) is 26.4. The minimum absolute atomic E-state index is 0.291. The van der Waals surface area contributed by atoms with E-state index in [1.54, 1.807) is 6.07 Å². The highest BCUT2D eigenvalue weighted by molar-refractivity contribution is 5.34. The molecule has 1 saturated carbocycles. The van der Waals surface area contributed by atoms with Crippen molar-refractivity contribution in [1.29, 1.82) is 0 Å². The SMILES string of the molecule is CC1(C)CCCC1(O)c1cccc(OC(F)(F)F)c1. The van der Waals surface area contributed by atoms with Gasteiger partial charge in [-0.1, -0.05) is 26.0 Å². The van der Waals surface area contributed by atoms with Gasteiger partial charge in [0.1, 0.15) is 5.75 Å². The lowest BCUT2D eigenvalue weighted by Crippen LogP contribution is -2.36. The van der Waals surface area contributed by atoms with Crippen LogP contribution >= 0.6 is 0 Å². The predicted octanol–water partition coefficient (Wildman–Crippen LogP) is 3.98. The molecule has 2 nitrogen and oxygen atoms in total. The molecule has 1 aromatic carbocycles. The van der Waals surface area contributed by atoms with Gasteiger partial charge >= 0.3 is 6.36 Å². The van der Waals surface area contributed by atoms with E-state index in [-0.39, 0.29) is 11.2 Å². The quantitative estimate of drug-likeness (QED) is 0.883. The summed E-state index contributed by atoms with van der Waals surface area (Å²) in [4.78, 5) is 0. The topological polar surface area (TPSA) is 29.5 Å². The molecule has 19 heavy (non-hydrogen) atoms. The number of alkyl halides is 3. The van der Waals surface area contributed by atoms with Gasteiger partial charge in [-0.25, -0.2) is 0 Å². The first kappa shape index (κ1) is 14.2. The standard InChI is InChI=1S/C14H17F3O2/c1-12(2)7-4-8-13(12,18)10-5-3-6-11(9-10)19-14(15,16)17/h3,5-6,9,18H,4,7-8H2,1-2H3. The number of rotatable bonds is 2. The smallest absolute Gasteiger partial charge is 0.406 e. The molecule has 0 amide bonds. The largest absolute Gasteiger partial charge is 0.573 e. The van der Waals surface area contributed by atoms with Gasteiger partial charge < -0.3 is 9.84 Å². The molecule has 2 rings (SSSR count). The van der Waals surface area contributed by atoms with Gasteiger partial charge in [-0.2, -0.15) is 0 Å². The Hall–Kier alpha value is -1.23. The lowest BCUT2D eigenvalue weighted by Gasteiger charge is -2.37. The van der Waals surface area contributed by atoms with E-state index < -0.39 is 12.0 Å². The Labute approximate surface area is 110 Å². The van der Waals surface area contributed by atoms with E-state index in [4.69, 9.17) is 0 Å². The van der Waals surface area contributed by atoms with Crippen LogP contribution < -0.4 is 4.74 Å². The van der Waals surface area contributed by atoms with Gasteiger partial charge in [0.05, 0.1) is 5.60 Å². The molecule has 0 bridgehead atoms. The lowest BCUT2D eigenvalue weighted by molar-refractivity contribution is -0.274. The summed E-state index contributed by atoms with van der Waals surface area (Å²) < 4.78 is 40.5. The molecule has 0 heterocycles. The first-order valence-electron chi connectivity index (χ1n) is 6.23. The van der Waals surface area contributed by atoms with Crippen LogP contribution in [0.5, 0.6) is 5.75 Å². The van der Waals surface area contributed by atoms with Crippen LogP contribution in [0.3, 0.4) is 0 Å². The third kappa shape index (κ3) is 2.71. The molecule has 1 unspecified atom stereocenters. The fraction of sp³-hybridized carbons (Fsp3) is 0.571. The van der Waals surface area contributed by atoms with Crippen LogP contribution in [0.2, 0.25) is 0 Å². The third-order valence-electron chi connectivity index (χ3n) is 4.01. The molecule has 0 aromatic heterocycles. The second-order valence-corrected chi connectivity index (χ2v) is 5.67. The Morgan fingerprint density at radius 3 is 2.42 bits per heavy atom. The molecule has 1 aliphatic rings. The summed E-state index contributed by atoms with van der Waals surface area (Å²) in [5.74, 6) is -0.291. The zero-order chi connectivity index (χ0) is 14.3. The molecule has 1 fully saturated rings. The summed E-state index contributed by atoms with van der Waals surface area (Å²) in [6.45, 7) is 3.86. The first-order chi connectivity index (χ1) is 8.64. The predicted molar refractivity (Wildman–Crippen MR) is 64.7 cm³/mol. The van der Waals surface area contributed by atoms with E-state index in [1.807, 2.05) is 13.8 Å². The van der Waals surface area contributed by atoms with Crippen molar-refractivity contribution in [3.63, 3.8) is 0 Å². The van der Waals surface area contributed by atoms with Crippen LogP contribution in [0.25, 0.3) is 0 Å². The van der Waals surface area contributed by atoms with Crippen LogP contribution in [0.1, 0.15) is 38.7 Å². The zero-order valence-electron chi connectivity index (χ0n) is 10.9. The fourth-order valence-electron chi connectivity index (χ4n) is 2.82. The Bertz CT molecular complexity index is 468. The van der Waals surface area contributed by atoms with Crippen molar-refractivity contribution in [3.05, 3.63) is 29.8 Å². The average molecular weight is 274 g/mol. The molecular weight excluding hydrogens is 257 g/mol. The Kier molecular flexibility index (Phi) is 3.29. The van der Waals surface area contributed by atoms with Gasteiger partial charge in [0, 0.05) is 0 Å². The second kappa shape index (κ2) is 4.40. The minimum Gasteiger partial charge on any atom is -0.406 e. The molecule has 1 atom stereocenters. The lowest BCUT2D eigenvalue weighted by atomic mass is 9.73. The Balaban J connectivity index is 2.34. The number of aliphatic hydroxyl groups is 1. The van der Waals surface area contributed by atoms with Crippen molar-refractivity contribution in [2.45, 2.75) is 45.1 Å². The number of ether oxygens (including phenoxy) is 1. The summed E-state index contributed by atoms with van der Waals surface area (Å²) in [6, 6.07) is 5.64. The average Bonchev–Trinajstić information content (AvgIpc) is 2.52. The molecule has 0 spiro atoms. The fourth-order valence-corrected chi connectivity index (χ4v) is 2.82. The van der Waals surface area contributed by atoms with E-state index in [0.29, 0.717) is 12.0 Å². The summed E-state index contributed by atoms with van der Waals surface area (Å²) >= 11 is 0. The molecule has 1 N–H and O–H groups in total. The zero-order valence-corrected chi connectivity index (χ0v) is 10.9. The summed E-state index contributed by atoms with van der Waals surface area (Å²) in [6.07, 6.45) is -2.47. The number of halogens is 3. The third-order valence-corrected chi connectivity index (χ3v) is 4.01. The van der Waals surface area contributed by atoms with Crippen molar-refractivity contribution in [2.75, 3.05) is 0 Å². The van der Waals surface area contributed by atoms with Crippen molar-refractivity contribution in [1.82, 2.24) is 0 Å². The van der Waals surface area contributed by atoms with Crippen LogP contribution in [0, 0.1) is 5.41 Å². The molecule has 1 aliphatic carbocycles. The highest BCUT2D eigenvalue weighted by atomic mass is 19.4. The van der Waals surface area contributed by atoms with Crippen molar-refractivity contribution in [3.8, 4) is 5.75 Å². The van der Waals surface area contributed by atoms with Crippen LogP contribution in [0.15, 0.2) is 24.3 Å². The molecule has 0 aliphatic heterocycles. The highest BCUT2D eigenvalue weighted by Crippen LogP contribution is 2.52.